The third-order valence-corrected chi connectivity index (χ3v) is 6.43. The zero-order valence-electron chi connectivity index (χ0n) is 17.8. The first-order valence-electron chi connectivity index (χ1n) is 9.94. The van der Waals surface area contributed by atoms with Gasteiger partial charge in [-0.2, -0.15) is 0 Å². The molecule has 0 aliphatic carbocycles. The van der Waals surface area contributed by atoms with E-state index in [1.165, 1.54) is 0 Å². The number of ether oxygens (including phenoxy) is 2. The molecule has 6 atom stereocenters. The van der Waals surface area contributed by atoms with E-state index in [1.807, 2.05) is 4.98 Å². The molecule has 3 heterocycles. The number of phosphoric ester groups is 1. The van der Waals surface area contributed by atoms with Crippen LogP contribution in [0.1, 0.15) is 33.4 Å². The number of rotatable bonds is 7. The molecule has 12 nitrogen and oxygen atoms in total. The molecule has 0 aromatic carbocycles. The van der Waals surface area contributed by atoms with E-state index in [0.717, 1.165) is 16.8 Å². The van der Waals surface area contributed by atoms with E-state index in [-0.39, 0.29) is 25.7 Å². The fraction of sp³-hybridized carbons (Fsp3) is 0.632. The number of carbonyl (C=O) groups excluding carboxylic acids is 1. The lowest BCUT2D eigenvalue weighted by Crippen LogP contribution is -2.50. The van der Waals surface area contributed by atoms with Gasteiger partial charge in [0.1, 0.15) is 12.2 Å². The zero-order valence-corrected chi connectivity index (χ0v) is 18.7. The van der Waals surface area contributed by atoms with Crippen LogP contribution in [0.4, 0.5) is 0 Å². The average molecular weight is 472 g/mol. The monoisotopic (exact) mass is 472 g/mol. The topological polar surface area (TPSA) is 155 Å². The Morgan fingerprint density at radius 2 is 2.19 bits per heavy atom. The van der Waals surface area contributed by atoms with Crippen molar-refractivity contribution >= 4 is 13.8 Å². The highest BCUT2D eigenvalue weighted by Gasteiger charge is 2.62. The Morgan fingerprint density at radius 1 is 1.47 bits per heavy atom. The highest BCUT2D eigenvalue weighted by molar-refractivity contribution is 7.48. The van der Waals surface area contributed by atoms with Crippen LogP contribution in [0.5, 0.6) is 0 Å². The lowest BCUT2D eigenvalue weighted by Gasteiger charge is -2.34. The van der Waals surface area contributed by atoms with Gasteiger partial charge in [0.2, 0.25) is 0 Å². The molecule has 0 bridgehead atoms. The molecule has 0 amide bonds. The molecular formula is C19H25N2O10P. The molecule has 1 aromatic rings. The fourth-order valence-corrected chi connectivity index (χ4v) is 4.72. The largest absolute Gasteiger partial charge is 0.475 e. The minimum atomic E-state index is -4.16. The molecule has 176 valence electrons. The van der Waals surface area contributed by atoms with Gasteiger partial charge in [-0.05, 0) is 20.3 Å². The molecule has 0 radical (unpaired) electrons. The summed E-state index contributed by atoms with van der Waals surface area (Å²) in [4.78, 5) is 37.4. The molecule has 2 unspecified atom stereocenters. The number of H-pyrrole nitrogens is 1. The SMILES string of the molecule is C#C[C@@]1(O)[C@@H]2OP(=O)(OCCC(C)C(=O)OC(C)C)OC[C@H]2O[C@H]1n1ccc(=O)[nH]c1=O. The first-order valence-corrected chi connectivity index (χ1v) is 11.4. The van der Waals surface area contributed by atoms with Gasteiger partial charge in [0, 0.05) is 12.3 Å². The summed E-state index contributed by atoms with van der Waals surface area (Å²) >= 11 is 0. The van der Waals surface area contributed by atoms with Gasteiger partial charge >= 0.3 is 19.5 Å². The van der Waals surface area contributed by atoms with Crippen molar-refractivity contribution in [2.75, 3.05) is 13.2 Å². The van der Waals surface area contributed by atoms with Gasteiger partial charge in [0.15, 0.2) is 11.8 Å². The number of fused-ring (bicyclic) bond motifs is 1. The quantitative estimate of drug-likeness (QED) is 0.322. The normalized spacial score (nSPS) is 32.8. The molecule has 2 fully saturated rings. The minimum absolute atomic E-state index is 0.152. The van der Waals surface area contributed by atoms with Gasteiger partial charge in [0.05, 0.1) is 25.2 Å². The number of nitrogens with one attached hydrogen (secondary N) is 1. The highest BCUT2D eigenvalue weighted by Crippen LogP contribution is 2.58. The second kappa shape index (κ2) is 9.31. The first kappa shape index (κ1) is 24.4. The maximum absolute atomic E-state index is 12.9. The van der Waals surface area contributed by atoms with Gasteiger partial charge < -0.3 is 14.6 Å². The Hall–Kier alpha value is -2.26. The fourth-order valence-electron chi connectivity index (χ4n) is 3.29. The number of aliphatic hydroxyl groups is 1. The Bertz CT molecular complexity index is 1060. The van der Waals surface area contributed by atoms with Crippen LogP contribution in [-0.4, -0.2) is 57.8 Å². The second-order valence-electron chi connectivity index (χ2n) is 7.79. The Kier molecular flexibility index (Phi) is 7.09. The van der Waals surface area contributed by atoms with Gasteiger partial charge in [-0.3, -0.25) is 32.7 Å². The number of aromatic nitrogens is 2. The standard InChI is InChI=1S/C19H25N2O10P/c1-5-19(25)15-13(30-17(19)21-8-6-14(22)20-18(21)24)10-28-32(26,31-15)27-9-7-12(4)16(23)29-11(2)3/h1,6,8,11-13,15,17,25H,7,9-10H2,2-4H3,(H,20,22,24)/t12?,13-,15-,17-,19-,32?/m1/s1. The van der Waals surface area contributed by atoms with E-state index >= 15 is 0 Å². The van der Waals surface area contributed by atoms with Crippen LogP contribution in [-0.2, 0) is 32.4 Å². The summed E-state index contributed by atoms with van der Waals surface area (Å²) in [6, 6.07) is 1.06. The summed E-state index contributed by atoms with van der Waals surface area (Å²) in [6.45, 7) is 4.64. The smallest absolute Gasteiger partial charge is 0.463 e. The van der Waals surface area contributed by atoms with Crippen molar-refractivity contribution in [2.24, 2.45) is 5.92 Å². The number of carbonyl (C=O) groups is 1. The van der Waals surface area contributed by atoms with E-state index in [9.17, 15) is 24.1 Å². The lowest BCUT2D eigenvalue weighted by atomic mass is 9.95. The van der Waals surface area contributed by atoms with Crippen LogP contribution < -0.4 is 11.2 Å². The van der Waals surface area contributed by atoms with Gasteiger partial charge in [0.25, 0.3) is 5.56 Å². The lowest BCUT2D eigenvalue weighted by molar-refractivity contribution is -0.152. The van der Waals surface area contributed by atoms with E-state index in [4.69, 9.17) is 29.5 Å². The van der Waals surface area contributed by atoms with E-state index in [2.05, 4.69) is 5.92 Å². The Morgan fingerprint density at radius 3 is 2.81 bits per heavy atom. The molecule has 13 heteroatoms. The average Bonchev–Trinajstić information content (AvgIpc) is 2.99. The van der Waals surface area contributed by atoms with Crippen molar-refractivity contribution in [3.63, 3.8) is 0 Å². The summed E-state index contributed by atoms with van der Waals surface area (Å²) < 4.78 is 40.5. The van der Waals surface area contributed by atoms with Crippen molar-refractivity contribution < 1.29 is 37.5 Å². The molecule has 3 rings (SSSR count). The highest BCUT2D eigenvalue weighted by atomic mass is 31.2. The van der Waals surface area contributed by atoms with Crippen molar-refractivity contribution in [1.82, 2.24) is 9.55 Å². The van der Waals surface area contributed by atoms with Crippen LogP contribution in [0, 0.1) is 18.3 Å². The molecule has 0 saturated carbocycles. The number of hydrogen-bond acceptors (Lipinski definition) is 10. The summed E-state index contributed by atoms with van der Waals surface area (Å²) in [5, 5.41) is 11.1. The summed E-state index contributed by atoms with van der Waals surface area (Å²) in [7, 11) is -4.16. The Labute approximate surface area is 183 Å². The van der Waals surface area contributed by atoms with Crippen LogP contribution in [0.15, 0.2) is 21.9 Å². The number of aromatic amines is 1. The van der Waals surface area contributed by atoms with Crippen LogP contribution in [0.3, 0.4) is 0 Å². The molecule has 2 saturated heterocycles. The van der Waals surface area contributed by atoms with Gasteiger partial charge in [-0.15, -0.1) is 6.42 Å². The molecule has 1 aromatic heterocycles. The number of terminal acetylenes is 1. The van der Waals surface area contributed by atoms with Crippen molar-refractivity contribution in [2.45, 2.75) is 57.3 Å². The number of phosphoric acid groups is 1. The van der Waals surface area contributed by atoms with Gasteiger partial charge in [-0.25, -0.2) is 9.36 Å². The van der Waals surface area contributed by atoms with E-state index in [0.29, 0.717) is 0 Å². The van der Waals surface area contributed by atoms with Crippen molar-refractivity contribution in [3.05, 3.63) is 33.1 Å². The predicted molar refractivity (Wildman–Crippen MR) is 108 cm³/mol. The Balaban J connectivity index is 1.70. The minimum Gasteiger partial charge on any atom is -0.463 e. The van der Waals surface area contributed by atoms with Crippen molar-refractivity contribution in [3.8, 4) is 12.3 Å². The summed E-state index contributed by atoms with van der Waals surface area (Å²) in [6.07, 6.45) is 2.79. The van der Waals surface area contributed by atoms with Crippen LogP contribution in [0.2, 0.25) is 0 Å². The molecule has 2 aliphatic rings. The van der Waals surface area contributed by atoms with Crippen LogP contribution >= 0.6 is 7.82 Å². The number of hydrogen-bond donors (Lipinski definition) is 2. The molecular weight excluding hydrogens is 447 g/mol. The number of nitrogens with zero attached hydrogens (tertiary/aromatic N) is 1. The molecule has 2 N–H and O–H groups in total. The zero-order chi connectivity index (χ0) is 23.7. The van der Waals surface area contributed by atoms with Gasteiger partial charge in [-0.1, -0.05) is 12.8 Å². The first-order chi connectivity index (χ1) is 15.0. The van der Waals surface area contributed by atoms with E-state index in [1.54, 1.807) is 20.8 Å². The maximum Gasteiger partial charge on any atom is 0.475 e. The molecule has 2 aliphatic heterocycles. The van der Waals surface area contributed by atoms with Crippen molar-refractivity contribution in [1.29, 1.82) is 0 Å². The molecule has 32 heavy (non-hydrogen) atoms. The number of esters is 1. The maximum atomic E-state index is 12.9. The van der Waals surface area contributed by atoms with E-state index < -0.39 is 55.0 Å². The summed E-state index contributed by atoms with van der Waals surface area (Å²) in [5.41, 5.74) is -3.73. The predicted octanol–water partition coefficient (Wildman–Crippen LogP) is 0.316. The van der Waals surface area contributed by atoms with Crippen LogP contribution in [0.25, 0.3) is 0 Å². The third-order valence-electron chi connectivity index (χ3n) is 4.98. The second-order valence-corrected chi connectivity index (χ2v) is 9.41. The molecule has 0 spiro atoms. The summed E-state index contributed by atoms with van der Waals surface area (Å²) in [5.74, 6) is 1.19. The third kappa shape index (κ3) is 4.88.